The van der Waals surface area contributed by atoms with E-state index in [2.05, 4.69) is 0 Å². The normalized spacial score (nSPS) is 20.8. The van der Waals surface area contributed by atoms with Gasteiger partial charge in [0.25, 0.3) is 5.91 Å². The molecule has 1 aromatic rings. The Morgan fingerprint density at radius 1 is 1.15 bits per heavy atom. The van der Waals surface area contributed by atoms with E-state index < -0.39 is 0 Å². The molecule has 2 aliphatic rings. The van der Waals surface area contributed by atoms with E-state index in [-0.39, 0.29) is 23.8 Å². The summed E-state index contributed by atoms with van der Waals surface area (Å²) in [5.74, 6) is 0.0425. The van der Waals surface area contributed by atoms with E-state index in [0.717, 1.165) is 0 Å². The Labute approximate surface area is 116 Å². The van der Waals surface area contributed by atoms with Crippen LogP contribution in [0.25, 0.3) is 0 Å². The molecule has 2 aliphatic heterocycles. The van der Waals surface area contributed by atoms with Crippen molar-refractivity contribution in [1.29, 1.82) is 0 Å². The van der Waals surface area contributed by atoms with Crippen LogP contribution >= 0.6 is 0 Å². The Morgan fingerprint density at radius 3 is 2.35 bits per heavy atom. The van der Waals surface area contributed by atoms with E-state index in [0.29, 0.717) is 44.5 Å². The number of hydrogen-bond acceptors (Lipinski definition) is 4. The molecule has 0 bridgehead atoms. The second-order valence-corrected chi connectivity index (χ2v) is 5.16. The highest BCUT2D eigenvalue weighted by Gasteiger charge is 2.37. The zero-order valence-electron chi connectivity index (χ0n) is 11.1. The summed E-state index contributed by atoms with van der Waals surface area (Å²) < 4.78 is 5.10. The van der Waals surface area contributed by atoms with Crippen molar-refractivity contribution in [1.82, 2.24) is 9.80 Å². The number of likely N-dealkylation sites (tertiary alicyclic amines) is 2. The van der Waals surface area contributed by atoms with Crippen LogP contribution in [-0.4, -0.2) is 46.7 Å². The summed E-state index contributed by atoms with van der Waals surface area (Å²) in [5.41, 5.74) is 0. The van der Waals surface area contributed by atoms with Crippen LogP contribution in [0.4, 0.5) is 0 Å². The van der Waals surface area contributed by atoms with Gasteiger partial charge in [0.15, 0.2) is 5.76 Å². The van der Waals surface area contributed by atoms with Gasteiger partial charge in [0.05, 0.1) is 6.26 Å². The van der Waals surface area contributed by atoms with E-state index in [1.165, 1.54) is 11.2 Å². The van der Waals surface area contributed by atoms with Crippen molar-refractivity contribution in [2.45, 2.75) is 31.7 Å². The highest BCUT2D eigenvalue weighted by Crippen LogP contribution is 2.23. The Morgan fingerprint density at radius 2 is 1.80 bits per heavy atom. The first-order valence-corrected chi connectivity index (χ1v) is 6.84. The molecule has 3 heterocycles. The van der Waals surface area contributed by atoms with E-state index in [4.69, 9.17) is 4.42 Å². The third-order valence-corrected chi connectivity index (χ3v) is 3.94. The molecule has 6 nitrogen and oxygen atoms in total. The van der Waals surface area contributed by atoms with Gasteiger partial charge >= 0.3 is 0 Å². The topological polar surface area (TPSA) is 70.8 Å². The molecule has 2 fully saturated rings. The summed E-state index contributed by atoms with van der Waals surface area (Å²) >= 11 is 0. The molecular weight excluding hydrogens is 260 g/mol. The van der Waals surface area contributed by atoms with Crippen LogP contribution < -0.4 is 0 Å². The first kappa shape index (κ1) is 12.9. The highest BCUT2D eigenvalue weighted by molar-refractivity contribution is 6.02. The van der Waals surface area contributed by atoms with Gasteiger partial charge in [-0.15, -0.1) is 0 Å². The van der Waals surface area contributed by atoms with Gasteiger partial charge in [-0.25, -0.2) is 0 Å². The number of imide groups is 1. The maximum atomic E-state index is 12.1. The summed E-state index contributed by atoms with van der Waals surface area (Å²) in [6.07, 6.45) is 3.41. The van der Waals surface area contributed by atoms with Crippen LogP contribution in [0.15, 0.2) is 22.8 Å². The van der Waals surface area contributed by atoms with Crippen LogP contribution in [0.3, 0.4) is 0 Å². The average Bonchev–Trinajstić information content (AvgIpc) is 3.09. The first-order valence-electron chi connectivity index (χ1n) is 6.84. The molecule has 20 heavy (non-hydrogen) atoms. The van der Waals surface area contributed by atoms with Gasteiger partial charge in [0.2, 0.25) is 11.8 Å². The van der Waals surface area contributed by atoms with Crippen LogP contribution in [0, 0.1) is 0 Å². The second kappa shape index (κ2) is 5.11. The number of hydrogen-bond donors (Lipinski definition) is 0. The maximum Gasteiger partial charge on any atom is 0.289 e. The third kappa shape index (κ3) is 2.21. The van der Waals surface area contributed by atoms with Crippen molar-refractivity contribution >= 4 is 17.7 Å². The first-order chi connectivity index (χ1) is 9.66. The minimum Gasteiger partial charge on any atom is -0.459 e. The molecule has 0 saturated carbocycles. The predicted octanol–water partition coefficient (Wildman–Crippen LogP) is 1.03. The largest absolute Gasteiger partial charge is 0.459 e. The second-order valence-electron chi connectivity index (χ2n) is 5.16. The lowest BCUT2D eigenvalue weighted by Gasteiger charge is -2.35. The van der Waals surface area contributed by atoms with Crippen molar-refractivity contribution in [3.8, 4) is 0 Å². The van der Waals surface area contributed by atoms with E-state index >= 15 is 0 Å². The number of piperidine rings is 1. The van der Waals surface area contributed by atoms with Gasteiger partial charge in [-0.05, 0) is 25.0 Å². The lowest BCUT2D eigenvalue weighted by molar-refractivity contribution is -0.141. The Hall–Kier alpha value is -2.11. The fourth-order valence-corrected chi connectivity index (χ4v) is 2.88. The zero-order valence-corrected chi connectivity index (χ0v) is 11.1. The van der Waals surface area contributed by atoms with Gasteiger partial charge in [0.1, 0.15) is 0 Å². The van der Waals surface area contributed by atoms with E-state index in [1.54, 1.807) is 17.0 Å². The number of furan rings is 1. The summed E-state index contributed by atoms with van der Waals surface area (Å²) in [6.45, 7) is 1.09. The molecule has 3 rings (SSSR count). The number of nitrogens with zero attached hydrogens (tertiary/aromatic N) is 2. The minimum atomic E-state index is -0.132. The lowest BCUT2D eigenvalue weighted by Crippen LogP contribution is -2.48. The molecule has 0 aromatic carbocycles. The van der Waals surface area contributed by atoms with Crippen molar-refractivity contribution in [2.75, 3.05) is 13.1 Å². The zero-order chi connectivity index (χ0) is 14.1. The van der Waals surface area contributed by atoms with Crippen LogP contribution in [0.1, 0.15) is 36.2 Å². The molecule has 0 radical (unpaired) electrons. The van der Waals surface area contributed by atoms with Crippen LogP contribution in [0.2, 0.25) is 0 Å². The summed E-state index contributed by atoms with van der Waals surface area (Å²) in [7, 11) is 0. The smallest absolute Gasteiger partial charge is 0.289 e. The predicted molar refractivity (Wildman–Crippen MR) is 68.7 cm³/mol. The molecular formula is C14H16N2O4. The molecule has 106 valence electrons. The van der Waals surface area contributed by atoms with Gasteiger partial charge in [-0.2, -0.15) is 0 Å². The SMILES string of the molecule is O=C(c1ccco1)N1CCC(N2C(=O)CCC2=O)CC1. The Kier molecular flexibility index (Phi) is 3.30. The van der Waals surface area contributed by atoms with Crippen molar-refractivity contribution in [2.24, 2.45) is 0 Å². The number of rotatable bonds is 2. The molecule has 0 aliphatic carbocycles. The molecule has 2 saturated heterocycles. The van der Waals surface area contributed by atoms with Crippen molar-refractivity contribution in [3.63, 3.8) is 0 Å². The molecule has 0 atom stereocenters. The monoisotopic (exact) mass is 276 g/mol. The Bertz CT molecular complexity index is 513. The average molecular weight is 276 g/mol. The summed E-state index contributed by atoms with van der Waals surface area (Å²) in [4.78, 5) is 38.6. The molecule has 0 N–H and O–H groups in total. The molecule has 0 spiro atoms. The number of amides is 3. The summed E-state index contributed by atoms with van der Waals surface area (Å²) in [6, 6.07) is 3.27. The number of carbonyl (C=O) groups excluding carboxylic acids is 3. The maximum absolute atomic E-state index is 12.1. The fourth-order valence-electron chi connectivity index (χ4n) is 2.88. The quantitative estimate of drug-likeness (QED) is 0.756. The van der Waals surface area contributed by atoms with Crippen molar-refractivity contribution < 1.29 is 18.8 Å². The van der Waals surface area contributed by atoms with Gasteiger partial charge in [0, 0.05) is 32.0 Å². The molecule has 1 aromatic heterocycles. The summed E-state index contributed by atoms with van der Waals surface area (Å²) in [5, 5.41) is 0. The van der Waals surface area contributed by atoms with Crippen LogP contribution in [0.5, 0.6) is 0 Å². The molecule has 3 amide bonds. The van der Waals surface area contributed by atoms with E-state index in [9.17, 15) is 14.4 Å². The fraction of sp³-hybridized carbons (Fsp3) is 0.500. The highest BCUT2D eigenvalue weighted by atomic mass is 16.3. The Balaban J connectivity index is 1.61. The van der Waals surface area contributed by atoms with E-state index in [1.807, 2.05) is 0 Å². The van der Waals surface area contributed by atoms with Gasteiger partial charge < -0.3 is 9.32 Å². The molecule has 0 unspecified atom stereocenters. The van der Waals surface area contributed by atoms with Crippen molar-refractivity contribution in [3.05, 3.63) is 24.2 Å². The van der Waals surface area contributed by atoms with Crippen LogP contribution in [-0.2, 0) is 9.59 Å². The van der Waals surface area contributed by atoms with Gasteiger partial charge in [-0.3, -0.25) is 19.3 Å². The third-order valence-electron chi connectivity index (χ3n) is 3.94. The minimum absolute atomic E-state index is 0.0573. The lowest BCUT2D eigenvalue weighted by atomic mass is 10.0. The van der Waals surface area contributed by atoms with Gasteiger partial charge in [-0.1, -0.05) is 0 Å². The number of carbonyl (C=O) groups is 3. The molecule has 6 heteroatoms. The standard InChI is InChI=1S/C14H16N2O4/c17-12-3-4-13(18)16(12)10-5-7-15(8-6-10)14(19)11-2-1-9-20-11/h1-2,9-10H,3-8H2.